The molecule has 108 valence electrons. The van der Waals surface area contributed by atoms with Crippen LogP contribution in [0.4, 0.5) is 0 Å². The van der Waals surface area contributed by atoms with Gasteiger partial charge in [0.05, 0.1) is 11.8 Å². The summed E-state index contributed by atoms with van der Waals surface area (Å²) in [4.78, 5) is 25.1. The largest absolute Gasteiger partial charge is 0.508 e. The van der Waals surface area contributed by atoms with Crippen LogP contribution in [-0.4, -0.2) is 44.2 Å². The Morgan fingerprint density at radius 1 is 1.35 bits per heavy atom. The summed E-state index contributed by atoms with van der Waals surface area (Å²) >= 11 is 1.51. The van der Waals surface area contributed by atoms with Crippen molar-refractivity contribution in [2.45, 2.75) is 31.2 Å². The van der Waals surface area contributed by atoms with Gasteiger partial charge in [0.1, 0.15) is 11.8 Å². The molecule has 1 amide bonds. The van der Waals surface area contributed by atoms with Crippen molar-refractivity contribution < 1.29 is 19.8 Å². The van der Waals surface area contributed by atoms with Crippen molar-refractivity contribution in [1.29, 1.82) is 0 Å². The number of benzene rings is 1. The predicted molar refractivity (Wildman–Crippen MR) is 76.6 cm³/mol. The molecular formula is C14H17NO4S. The molecule has 1 aliphatic rings. The van der Waals surface area contributed by atoms with Crippen LogP contribution < -0.4 is 0 Å². The number of carboxylic acid groups (broad SMARTS) is 1. The molecule has 5 nitrogen and oxygen atoms in total. The minimum absolute atomic E-state index is 0.0688. The van der Waals surface area contributed by atoms with Crippen molar-refractivity contribution in [3.05, 3.63) is 29.8 Å². The maximum absolute atomic E-state index is 12.4. The Kier molecular flexibility index (Phi) is 4.54. The fraction of sp³-hybridized carbons (Fsp3) is 0.429. The molecule has 0 spiro atoms. The molecule has 0 radical (unpaired) electrons. The summed E-state index contributed by atoms with van der Waals surface area (Å²) in [7, 11) is 0. The van der Waals surface area contributed by atoms with Gasteiger partial charge in [-0.15, -0.1) is 11.8 Å². The number of carbonyl (C=O) groups excluding carboxylic acids is 1. The fourth-order valence-corrected chi connectivity index (χ4v) is 3.65. The summed E-state index contributed by atoms with van der Waals surface area (Å²) in [6.45, 7) is 1.95. The first-order chi connectivity index (χ1) is 9.52. The van der Waals surface area contributed by atoms with Crippen LogP contribution in [0.25, 0.3) is 0 Å². The molecule has 1 fully saturated rings. The second kappa shape index (κ2) is 6.17. The Balaban J connectivity index is 2.12. The van der Waals surface area contributed by atoms with E-state index in [1.54, 1.807) is 12.1 Å². The van der Waals surface area contributed by atoms with E-state index in [1.807, 2.05) is 6.92 Å². The predicted octanol–water partition coefficient (Wildman–Crippen LogP) is 1.70. The topological polar surface area (TPSA) is 77.8 Å². The highest BCUT2D eigenvalue weighted by molar-refractivity contribution is 8.00. The van der Waals surface area contributed by atoms with E-state index < -0.39 is 12.0 Å². The Morgan fingerprint density at radius 3 is 2.55 bits per heavy atom. The number of thioether (sulfide) groups is 1. The number of rotatable bonds is 4. The lowest BCUT2D eigenvalue weighted by Gasteiger charge is -2.26. The zero-order chi connectivity index (χ0) is 14.7. The first kappa shape index (κ1) is 14.7. The number of hydrogen-bond donors (Lipinski definition) is 2. The van der Waals surface area contributed by atoms with Gasteiger partial charge in [-0.25, -0.2) is 4.79 Å². The Labute approximate surface area is 121 Å². The van der Waals surface area contributed by atoms with E-state index in [1.165, 1.54) is 28.8 Å². The van der Waals surface area contributed by atoms with Gasteiger partial charge in [-0.1, -0.05) is 19.1 Å². The summed E-state index contributed by atoms with van der Waals surface area (Å²) in [5, 5.41) is 18.4. The van der Waals surface area contributed by atoms with Crippen LogP contribution in [0.5, 0.6) is 5.75 Å². The number of carboxylic acids is 1. The van der Waals surface area contributed by atoms with Gasteiger partial charge in [0.15, 0.2) is 0 Å². The normalized spacial score (nSPS) is 21.9. The summed E-state index contributed by atoms with van der Waals surface area (Å²) in [5.41, 5.74) is 0.767. The molecule has 0 aromatic heterocycles. The highest BCUT2D eigenvalue weighted by atomic mass is 32.2. The molecule has 0 saturated carbocycles. The van der Waals surface area contributed by atoms with Crippen LogP contribution in [-0.2, 0) is 16.0 Å². The van der Waals surface area contributed by atoms with E-state index >= 15 is 0 Å². The number of phenolic OH excluding ortho intramolecular Hbond substituents is 1. The summed E-state index contributed by atoms with van der Waals surface area (Å²) < 4.78 is 0. The second-order valence-electron chi connectivity index (χ2n) is 4.69. The molecule has 2 N–H and O–H groups in total. The van der Waals surface area contributed by atoms with Crippen LogP contribution in [0.1, 0.15) is 18.9 Å². The highest BCUT2D eigenvalue weighted by Gasteiger charge is 2.40. The minimum atomic E-state index is -0.951. The van der Waals surface area contributed by atoms with Gasteiger partial charge in [-0.2, -0.15) is 0 Å². The first-order valence-corrected chi connectivity index (χ1v) is 7.51. The van der Waals surface area contributed by atoms with E-state index in [0.717, 1.165) is 12.0 Å². The van der Waals surface area contributed by atoms with E-state index in [2.05, 4.69) is 0 Å². The van der Waals surface area contributed by atoms with Gasteiger partial charge in [-0.3, -0.25) is 4.79 Å². The van der Waals surface area contributed by atoms with Crippen molar-refractivity contribution in [2.24, 2.45) is 0 Å². The summed E-state index contributed by atoms with van der Waals surface area (Å²) in [6.07, 6.45) is 0.886. The van der Waals surface area contributed by atoms with Crippen molar-refractivity contribution in [3.8, 4) is 5.75 Å². The zero-order valence-electron chi connectivity index (χ0n) is 11.2. The number of aliphatic carboxylic acids is 1. The van der Waals surface area contributed by atoms with E-state index in [9.17, 15) is 19.8 Å². The van der Waals surface area contributed by atoms with Crippen molar-refractivity contribution in [2.75, 3.05) is 5.75 Å². The maximum atomic E-state index is 12.4. The lowest BCUT2D eigenvalue weighted by Crippen LogP contribution is -2.46. The average molecular weight is 295 g/mol. The lowest BCUT2D eigenvalue weighted by atomic mass is 10.1. The van der Waals surface area contributed by atoms with Gasteiger partial charge in [0.25, 0.3) is 0 Å². The van der Waals surface area contributed by atoms with Crippen LogP contribution in [0.2, 0.25) is 0 Å². The van der Waals surface area contributed by atoms with E-state index in [-0.39, 0.29) is 23.5 Å². The maximum Gasteiger partial charge on any atom is 0.327 e. The molecule has 1 saturated heterocycles. The molecule has 1 aliphatic heterocycles. The molecule has 1 aromatic carbocycles. The van der Waals surface area contributed by atoms with E-state index in [0.29, 0.717) is 5.75 Å². The fourth-order valence-electron chi connectivity index (χ4n) is 2.28. The van der Waals surface area contributed by atoms with Gasteiger partial charge >= 0.3 is 5.97 Å². The van der Waals surface area contributed by atoms with Crippen LogP contribution >= 0.6 is 11.8 Å². The number of nitrogens with zero attached hydrogens (tertiary/aromatic N) is 1. The van der Waals surface area contributed by atoms with Gasteiger partial charge < -0.3 is 15.1 Å². The summed E-state index contributed by atoms with van der Waals surface area (Å²) in [5.74, 6) is -0.546. The van der Waals surface area contributed by atoms with Gasteiger partial charge in [0, 0.05) is 5.75 Å². The minimum Gasteiger partial charge on any atom is -0.508 e. The molecule has 0 bridgehead atoms. The van der Waals surface area contributed by atoms with Crippen molar-refractivity contribution in [1.82, 2.24) is 4.90 Å². The first-order valence-electron chi connectivity index (χ1n) is 6.46. The van der Waals surface area contributed by atoms with Crippen molar-refractivity contribution >= 4 is 23.6 Å². The van der Waals surface area contributed by atoms with Crippen LogP contribution in [0, 0.1) is 0 Å². The monoisotopic (exact) mass is 295 g/mol. The Hall–Kier alpha value is -1.69. The van der Waals surface area contributed by atoms with Gasteiger partial charge in [0.2, 0.25) is 5.91 Å². The van der Waals surface area contributed by atoms with Crippen molar-refractivity contribution in [3.63, 3.8) is 0 Å². The Bertz CT molecular complexity index is 502. The zero-order valence-corrected chi connectivity index (χ0v) is 12.0. The number of aromatic hydroxyl groups is 1. The number of phenols is 1. The lowest BCUT2D eigenvalue weighted by molar-refractivity contribution is -0.148. The average Bonchev–Trinajstić information content (AvgIpc) is 2.85. The van der Waals surface area contributed by atoms with Crippen LogP contribution in [0.3, 0.4) is 0 Å². The molecule has 2 rings (SSSR count). The molecule has 2 unspecified atom stereocenters. The number of carbonyl (C=O) groups is 2. The third kappa shape index (κ3) is 3.07. The third-order valence-electron chi connectivity index (χ3n) is 3.31. The molecule has 20 heavy (non-hydrogen) atoms. The highest BCUT2D eigenvalue weighted by Crippen LogP contribution is 2.32. The standard InChI is InChI=1S/C14H17NO4S/c1-2-13-15(11(8-20-13)14(18)19)12(17)7-9-3-5-10(16)6-4-9/h3-6,11,13,16H,2,7-8H2,1H3,(H,18,19). The summed E-state index contributed by atoms with van der Waals surface area (Å²) in [6, 6.07) is 5.65. The SMILES string of the molecule is CCC1SCC(C(=O)O)N1C(=O)Cc1ccc(O)cc1. The van der Waals surface area contributed by atoms with Crippen LogP contribution in [0.15, 0.2) is 24.3 Å². The molecule has 0 aliphatic carbocycles. The third-order valence-corrected chi connectivity index (χ3v) is 4.76. The molecule has 1 aromatic rings. The molecular weight excluding hydrogens is 278 g/mol. The van der Waals surface area contributed by atoms with Gasteiger partial charge in [-0.05, 0) is 24.1 Å². The number of amides is 1. The molecule has 2 atom stereocenters. The molecule has 6 heteroatoms. The van der Waals surface area contributed by atoms with E-state index in [4.69, 9.17) is 0 Å². The smallest absolute Gasteiger partial charge is 0.327 e. The number of hydrogen-bond acceptors (Lipinski definition) is 4. The quantitative estimate of drug-likeness (QED) is 0.884. The Morgan fingerprint density at radius 2 is 2.00 bits per heavy atom. The second-order valence-corrected chi connectivity index (χ2v) is 5.91. The molecule has 1 heterocycles.